The van der Waals surface area contributed by atoms with Gasteiger partial charge in [0.15, 0.2) is 0 Å². The Hall–Kier alpha value is -1.42. The molecule has 1 saturated heterocycles. The minimum Gasteiger partial charge on any atom is -0.491 e. The fourth-order valence-electron chi connectivity index (χ4n) is 2.75. The monoisotopic (exact) mass is 247 g/mol. The molecule has 0 saturated carbocycles. The lowest BCUT2D eigenvalue weighted by Crippen LogP contribution is -2.56. The molecule has 1 aromatic rings. The predicted molar refractivity (Wildman–Crippen MR) is 74.7 cm³/mol. The summed E-state index contributed by atoms with van der Waals surface area (Å²) < 4.78 is 5.83. The van der Waals surface area contributed by atoms with Crippen LogP contribution in [0, 0.1) is 0 Å². The van der Waals surface area contributed by atoms with Gasteiger partial charge in [0.1, 0.15) is 11.4 Å². The molecule has 4 nitrogen and oxygen atoms in total. The Morgan fingerprint density at radius 3 is 3.22 bits per heavy atom. The fourth-order valence-corrected chi connectivity index (χ4v) is 2.75. The number of piperazine rings is 1. The first-order valence-electron chi connectivity index (χ1n) is 6.87. The maximum Gasteiger partial charge on any atom is 0.144 e. The van der Waals surface area contributed by atoms with Crippen molar-refractivity contribution in [1.82, 2.24) is 5.32 Å². The van der Waals surface area contributed by atoms with Crippen LogP contribution in [0.3, 0.4) is 0 Å². The molecule has 2 aliphatic heterocycles. The van der Waals surface area contributed by atoms with Gasteiger partial charge in [0.25, 0.3) is 0 Å². The van der Waals surface area contributed by atoms with Crippen LogP contribution in [0.1, 0.15) is 13.3 Å². The van der Waals surface area contributed by atoms with Crippen LogP contribution in [-0.4, -0.2) is 38.8 Å². The molecule has 2 heterocycles. The zero-order valence-corrected chi connectivity index (χ0v) is 10.9. The topological polar surface area (TPSA) is 36.5 Å². The number of nitrogens with zero attached hydrogens (tertiary/aromatic N) is 1. The molecule has 0 bridgehead atoms. The fraction of sp³-hybridized carbons (Fsp3) is 0.571. The lowest BCUT2D eigenvalue weighted by molar-refractivity contribution is 0.318. The first kappa shape index (κ1) is 11.7. The zero-order chi connectivity index (χ0) is 12.4. The number of benzene rings is 1. The van der Waals surface area contributed by atoms with Crippen molar-refractivity contribution in [2.45, 2.75) is 19.4 Å². The first-order valence-corrected chi connectivity index (χ1v) is 6.87. The molecule has 1 atom stereocenters. The van der Waals surface area contributed by atoms with E-state index in [9.17, 15) is 0 Å². The van der Waals surface area contributed by atoms with Crippen LogP contribution >= 0.6 is 0 Å². The second-order valence-electron chi connectivity index (χ2n) is 4.93. The third kappa shape index (κ3) is 2.01. The molecular weight excluding hydrogens is 226 g/mol. The van der Waals surface area contributed by atoms with E-state index in [0.717, 1.165) is 45.0 Å². The van der Waals surface area contributed by atoms with E-state index in [-0.39, 0.29) is 0 Å². The zero-order valence-electron chi connectivity index (χ0n) is 10.9. The predicted octanol–water partition coefficient (Wildman–Crippen LogP) is 1.68. The van der Waals surface area contributed by atoms with Gasteiger partial charge in [-0.1, -0.05) is 13.0 Å². The summed E-state index contributed by atoms with van der Waals surface area (Å²) in [6.45, 7) is 7.11. The molecule has 0 aromatic heterocycles. The van der Waals surface area contributed by atoms with E-state index < -0.39 is 0 Å². The third-order valence-electron chi connectivity index (χ3n) is 3.64. The van der Waals surface area contributed by atoms with E-state index in [0.29, 0.717) is 6.04 Å². The highest BCUT2D eigenvalue weighted by atomic mass is 16.5. The van der Waals surface area contributed by atoms with Crippen LogP contribution < -0.4 is 20.3 Å². The summed E-state index contributed by atoms with van der Waals surface area (Å²) >= 11 is 0. The second-order valence-corrected chi connectivity index (χ2v) is 4.93. The van der Waals surface area contributed by atoms with Crippen molar-refractivity contribution < 1.29 is 4.74 Å². The molecule has 4 heteroatoms. The molecular formula is C14H21N3O. The summed E-state index contributed by atoms with van der Waals surface area (Å²) in [4.78, 5) is 2.50. The van der Waals surface area contributed by atoms with Gasteiger partial charge in [-0.25, -0.2) is 0 Å². The van der Waals surface area contributed by atoms with E-state index in [2.05, 4.69) is 40.7 Å². The second kappa shape index (κ2) is 5.06. The Labute approximate surface area is 108 Å². The average molecular weight is 247 g/mol. The summed E-state index contributed by atoms with van der Waals surface area (Å²) in [6.07, 6.45) is 1.04. The summed E-state index contributed by atoms with van der Waals surface area (Å²) in [7, 11) is 0. The van der Waals surface area contributed by atoms with Crippen LogP contribution in [0.15, 0.2) is 18.2 Å². The number of rotatable bonds is 3. The molecule has 0 radical (unpaired) electrons. The van der Waals surface area contributed by atoms with Gasteiger partial charge in [0.05, 0.1) is 18.3 Å². The normalized spacial score (nSPS) is 21.8. The van der Waals surface area contributed by atoms with Crippen molar-refractivity contribution in [2.24, 2.45) is 0 Å². The number of ether oxygens (including phenoxy) is 1. The largest absolute Gasteiger partial charge is 0.491 e. The van der Waals surface area contributed by atoms with E-state index >= 15 is 0 Å². The van der Waals surface area contributed by atoms with E-state index in [1.54, 1.807) is 0 Å². The van der Waals surface area contributed by atoms with Crippen LogP contribution in [0.2, 0.25) is 0 Å². The molecule has 0 amide bonds. The van der Waals surface area contributed by atoms with E-state index in [1.807, 2.05) is 0 Å². The molecule has 2 aliphatic rings. The molecule has 0 spiro atoms. The SMILES string of the molecule is CCCOc1cccc2c1NCC1CNCCN21. The standard InChI is InChI=1S/C14H21N3O/c1-2-8-18-13-5-3-4-12-14(13)16-10-11-9-15-6-7-17(11)12/h3-5,11,15-16H,2,6-10H2,1H3. The quantitative estimate of drug-likeness (QED) is 0.852. The first-order chi connectivity index (χ1) is 8.90. The molecule has 1 unspecified atom stereocenters. The Kier molecular flexibility index (Phi) is 3.28. The van der Waals surface area contributed by atoms with Gasteiger partial charge in [0.2, 0.25) is 0 Å². The maximum atomic E-state index is 5.83. The molecule has 18 heavy (non-hydrogen) atoms. The van der Waals surface area contributed by atoms with Gasteiger partial charge in [-0.2, -0.15) is 0 Å². The van der Waals surface area contributed by atoms with Crippen LogP contribution in [0.4, 0.5) is 11.4 Å². The lowest BCUT2D eigenvalue weighted by Gasteiger charge is -2.43. The Morgan fingerprint density at radius 1 is 1.39 bits per heavy atom. The third-order valence-corrected chi connectivity index (χ3v) is 3.64. The van der Waals surface area contributed by atoms with Gasteiger partial charge in [-0.3, -0.25) is 0 Å². The highest BCUT2D eigenvalue weighted by Crippen LogP contribution is 2.39. The van der Waals surface area contributed by atoms with Crippen LogP contribution in [0.5, 0.6) is 5.75 Å². The molecule has 0 aliphatic carbocycles. The van der Waals surface area contributed by atoms with Crippen molar-refractivity contribution in [3.05, 3.63) is 18.2 Å². The Morgan fingerprint density at radius 2 is 2.33 bits per heavy atom. The van der Waals surface area contributed by atoms with Crippen molar-refractivity contribution in [1.29, 1.82) is 0 Å². The number of para-hydroxylation sites is 1. The maximum absolute atomic E-state index is 5.83. The number of fused-ring (bicyclic) bond motifs is 3. The average Bonchev–Trinajstić information content (AvgIpc) is 2.44. The molecule has 1 fully saturated rings. The minimum atomic E-state index is 0.563. The van der Waals surface area contributed by atoms with Crippen molar-refractivity contribution >= 4 is 11.4 Å². The summed E-state index contributed by atoms with van der Waals surface area (Å²) in [5, 5.41) is 6.98. The lowest BCUT2D eigenvalue weighted by atomic mass is 10.1. The van der Waals surface area contributed by atoms with Gasteiger partial charge in [0, 0.05) is 26.2 Å². The van der Waals surface area contributed by atoms with Gasteiger partial charge >= 0.3 is 0 Å². The van der Waals surface area contributed by atoms with Gasteiger partial charge < -0.3 is 20.3 Å². The molecule has 98 valence electrons. The highest BCUT2D eigenvalue weighted by molar-refractivity contribution is 5.79. The minimum absolute atomic E-state index is 0.563. The molecule has 3 rings (SSSR count). The van der Waals surface area contributed by atoms with E-state index in [4.69, 9.17) is 4.74 Å². The summed E-state index contributed by atoms with van der Waals surface area (Å²) in [5.74, 6) is 0.992. The number of hydrogen-bond acceptors (Lipinski definition) is 4. The number of anilines is 2. The smallest absolute Gasteiger partial charge is 0.144 e. The summed E-state index contributed by atoms with van der Waals surface area (Å²) in [5.41, 5.74) is 2.46. The molecule has 2 N–H and O–H groups in total. The van der Waals surface area contributed by atoms with Crippen LogP contribution in [0.25, 0.3) is 0 Å². The molecule has 1 aromatic carbocycles. The summed E-state index contributed by atoms with van der Waals surface area (Å²) in [6, 6.07) is 6.91. The van der Waals surface area contributed by atoms with E-state index in [1.165, 1.54) is 11.4 Å². The van der Waals surface area contributed by atoms with Gasteiger partial charge in [-0.05, 0) is 18.6 Å². The number of nitrogens with one attached hydrogen (secondary N) is 2. The van der Waals surface area contributed by atoms with Crippen molar-refractivity contribution in [2.75, 3.05) is 43.0 Å². The highest BCUT2D eigenvalue weighted by Gasteiger charge is 2.29. The Bertz CT molecular complexity index is 422. The van der Waals surface area contributed by atoms with Gasteiger partial charge in [-0.15, -0.1) is 0 Å². The number of hydrogen-bond donors (Lipinski definition) is 2. The Balaban J connectivity index is 1.89. The van der Waals surface area contributed by atoms with Crippen LogP contribution in [-0.2, 0) is 0 Å². The van der Waals surface area contributed by atoms with Crippen molar-refractivity contribution in [3.63, 3.8) is 0 Å². The van der Waals surface area contributed by atoms with Crippen molar-refractivity contribution in [3.8, 4) is 5.75 Å².